The zero-order valence-corrected chi connectivity index (χ0v) is 9.39. The molecule has 0 rings (SSSR count). The Morgan fingerprint density at radius 2 is 2.00 bits per heavy atom. The molecular weight excluding hydrogens is 162 g/mol. The second-order valence-electron chi connectivity index (χ2n) is 4.08. The summed E-state index contributed by atoms with van der Waals surface area (Å²) < 4.78 is 0. The molecule has 0 aliphatic carbocycles. The van der Waals surface area contributed by atoms with E-state index in [1.807, 2.05) is 0 Å². The van der Waals surface area contributed by atoms with Gasteiger partial charge in [0, 0.05) is 13.0 Å². The van der Waals surface area contributed by atoms with Crippen LogP contribution in [-0.2, 0) is 4.79 Å². The molecule has 1 amide bonds. The minimum atomic E-state index is 0.210. The number of amides is 1. The van der Waals surface area contributed by atoms with Gasteiger partial charge in [-0.3, -0.25) is 4.79 Å². The van der Waals surface area contributed by atoms with E-state index in [9.17, 15) is 4.79 Å². The molecule has 0 spiro atoms. The second kappa shape index (κ2) is 6.93. The lowest BCUT2D eigenvalue weighted by atomic mass is 9.92. The molecule has 0 saturated carbocycles. The lowest BCUT2D eigenvalue weighted by molar-refractivity contribution is -0.125. The monoisotopic (exact) mass is 185 g/mol. The van der Waals surface area contributed by atoms with Crippen molar-refractivity contribution in [3.05, 3.63) is 0 Å². The molecule has 1 atom stereocenters. The minimum Gasteiger partial charge on any atom is -0.359 e. The van der Waals surface area contributed by atoms with Crippen molar-refractivity contribution in [2.75, 3.05) is 7.05 Å². The van der Waals surface area contributed by atoms with Crippen LogP contribution in [0.2, 0.25) is 0 Å². The highest BCUT2D eigenvalue weighted by Crippen LogP contribution is 2.18. The zero-order valence-electron chi connectivity index (χ0n) is 9.39. The van der Waals surface area contributed by atoms with Gasteiger partial charge in [-0.15, -0.1) is 0 Å². The third-order valence-electron chi connectivity index (χ3n) is 2.28. The molecular formula is C11H23NO. The Morgan fingerprint density at radius 3 is 2.38 bits per heavy atom. The van der Waals surface area contributed by atoms with Gasteiger partial charge in [0.05, 0.1) is 0 Å². The molecule has 0 aliphatic rings. The van der Waals surface area contributed by atoms with Crippen LogP contribution in [0.4, 0.5) is 0 Å². The third-order valence-corrected chi connectivity index (χ3v) is 2.28. The third kappa shape index (κ3) is 5.67. The number of nitrogens with one attached hydrogen (secondary N) is 1. The maximum absolute atomic E-state index is 11.4. The molecule has 0 aromatic rings. The van der Waals surface area contributed by atoms with Crippen molar-refractivity contribution in [3.63, 3.8) is 0 Å². The van der Waals surface area contributed by atoms with E-state index in [2.05, 4.69) is 26.1 Å². The highest BCUT2D eigenvalue weighted by molar-refractivity contribution is 5.78. The quantitative estimate of drug-likeness (QED) is 0.677. The molecule has 2 heteroatoms. The number of hydrogen-bond donors (Lipinski definition) is 1. The van der Waals surface area contributed by atoms with Crippen LogP contribution in [0.15, 0.2) is 0 Å². The van der Waals surface area contributed by atoms with Crippen molar-refractivity contribution < 1.29 is 4.79 Å². The van der Waals surface area contributed by atoms with Crippen LogP contribution in [0.25, 0.3) is 0 Å². The largest absolute Gasteiger partial charge is 0.359 e. The fourth-order valence-corrected chi connectivity index (χ4v) is 1.58. The Labute approximate surface area is 82.1 Å². The van der Waals surface area contributed by atoms with Crippen LogP contribution in [-0.4, -0.2) is 13.0 Å². The van der Waals surface area contributed by atoms with Crippen molar-refractivity contribution >= 4 is 5.91 Å². The van der Waals surface area contributed by atoms with Crippen LogP contribution in [0.1, 0.15) is 46.5 Å². The van der Waals surface area contributed by atoms with E-state index in [0.717, 1.165) is 19.3 Å². The highest BCUT2D eigenvalue weighted by Gasteiger charge is 2.17. The van der Waals surface area contributed by atoms with Crippen molar-refractivity contribution in [3.8, 4) is 0 Å². The zero-order chi connectivity index (χ0) is 10.3. The van der Waals surface area contributed by atoms with Crippen LogP contribution in [0, 0.1) is 11.8 Å². The molecule has 2 nitrogen and oxygen atoms in total. The summed E-state index contributed by atoms with van der Waals surface area (Å²) in [6.07, 6.45) is 4.38. The Kier molecular flexibility index (Phi) is 6.65. The molecule has 0 radical (unpaired) electrons. The summed E-state index contributed by atoms with van der Waals surface area (Å²) in [7, 11) is 1.72. The van der Waals surface area contributed by atoms with Crippen LogP contribution in [0.5, 0.6) is 0 Å². The Hall–Kier alpha value is -0.530. The smallest absolute Gasteiger partial charge is 0.222 e. The van der Waals surface area contributed by atoms with Gasteiger partial charge < -0.3 is 5.32 Å². The van der Waals surface area contributed by atoms with Gasteiger partial charge in [-0.25, -0.2) is 0 Å². The molecule has 1 unspecified atom stereocenters. The van der Waals surface area contributed by atoms with E-state index in [-0.39, 0.29) is 11.8 Å². The van der Waals surface area contributed by atoms with Gasteiger partial charge in [0.1, 0.15) is 0 Å². The summed E-state index contributed by atoms with van der Waals surface area (Å²) in [6.45, 7) is 6.50. The molecule has 0 bridgehead atoms. The summed E-state index contributed by atoms with van der Waals surface area (Å²) in [6, 6.07) is 0. The highest BCUT2D eigenvalue weighted by atomic mass is 16.1. The van der Waals surface area contributed by atoms with Gasteiger partial charge in [0.2, 0.25) is 5.91 Å². The fraction of sp³-hybridized carbons (Fsp3) is 0.909. The van der Waals surface area contributed by atoms with Gasteiger partial charge in [-0.1, -0.05) is 33.6 Å². The molecule has 0 saturated heterocycles. The number of carbonyl (C=O) groups excluding carboxylic acids is 1. The van der Waals surface area contributed by atoms with Crippen LogP contribution < -0.4 is 5.32 Å². The topological polar surface area (TPSA) is 29.1 Å². The maximum atomic E-state index is 11.4. The summed E-state index contributed by atoms with van der Waals surface area (Å²) in [4.78, 5) is 11.4. The molecule has 0 heterocycles. The standard InChI is InChI=1S/C11H23NO/c1-5-6-7-10(8-9(2)3)11(13)12-4/h9-10H,5-8H2,1-4H3,(H,12,13). The van der Waals surface area contributed by atoms with E-state index < -0.39 is 0 Å². The first-order chi connectivity index (χ1) is 6.11. The molecule has 78 valence electrons. The number of unbranched alkanes of at least 4 members (excludes halogenated alkanes) is 1. The van der Waals surface area contributed by atoms with E-state index >= 15 is 0 Å². The van der Waals surface area contributed by atoms with E-state index in [1.165, 1.54) is 6.42 Å². The van der Waals surface area contributed by atoms with E-state index in [4.69, 9.17) is 0 Å². The first-order valence-electron chi connectivity index (χ1n) is 5.33. The lowest BCUT2D eigenvalue weighted by Gasteiger charge is -2.16. The first-order valence-corrected chi connectivity index (χ1v) is 5.33. The van der Waals surface area contributed by atoms with E-state index in [1.54, 1.807) is 7.05 Å². The molecule has 0 aliphatic heterocycles. The van der Waals surface area contributed by atoms with Crippen LogP contribution in [0.3, 0.4) is 0 Å². The lowest BCUT2D eigenvalue weighted by Crippen LogP contribution is -2.28. The average molecular weight is 185 g/mol. The second-order valence-corrected chi connectivity index (χ2v) is 4.08. The van der Waals surface area contributed by atoms with Crippen molar-refractivity contribution in [2.24, 2.45) is 11.8 Å². The van der Waals surface area contributed by atoms with Gasteiger partial charge in [-0.2, -0.15) is 0 Å². The Bertz CT molecular complexity index is 143. The SMILES string of the molecule is CCCCC(CC(C)C)C(=O)NC. The van der Waals surface area contributed by atoms with Gasteiger partial charge in [0.15, 0.2) is 0 Å². The maximum Gasteiger partial charge on any atom is 0.222 e. The molecule has 0 aromatic heterocycles. The van der Waals surface area contributed by atoms with Gasteiger partial charge in [0.25, 0.3) is 0 Å². The van der Waals surface area contributed by atoms with E-state index in [0.29, 0.717) is 5.92 Å². The summed E-state index contributed by atoms with van der Waals surface area (Å²) in [5, 5.41) is 2.74. The summed E-state index contributed by atoms with van der Waals surface area (Å²) in [5.74, 6) is 1.05. The van der Waals surface area contributed by atoms with Gasteiger partial charge >= 0.3 is 0 Å². The van der Waals surface area contributed by atoms with Crippen molar-refractivity contribution in [1.82, 2.24) is 5.32 Å². The predicted octanol–water partition coefficient (Wildman–Crippen LogP) is 2.58. The summed E-state index contributed by atoms with van der Waals surface area (Å²) in [5.41, 5.74) is 0. The normalized spacial score (nSPS) is 13.0. The minimum absolute atomic E-state index is 0.210. The van der Waals surface area contributed by atoms with Gasteiger partial charge in [-0.05, 0) is 18.8 Å². The molecule has 1 N–H and O–H groups in total. The van der Waals surface area contributed by atoms with Crippen molar-refractivity contribution in [2.45, 2.75) is 46.5 Å². The first kappa shape index (κ1) is 12.5. The number of rotatable bonds is 6. The summed E-state index contributed by atoms with van der Waals surface area (Å²) >= 11 is 0. The Morgan fingerprint density at radius 1 is 1.38 bits per heavy atom. The molecule has 13 heavy (non-hydrogen) atoms. The Balaban J connectivity index is 3.94. The predicted molar refractivity (Wildman–Crippen MR) is 56.5 cm³/mol. The average Bonchev–Trinajstić information content (AvgIpc) is 2.10. The van der Waals surface area contributed by atoms with Crippen molar-refractivity contribution in [1.29, 1.82) is 0 Å². The van der Waals surface area contributed by atoms with Crippen LogP contribution >= 0.6 is 0 Å². The molecule has 0 fully saturated rings. The number of hydrogen-bond acceptors (Lipinski definition) is 1. The fourth-order valence-electron chi connectivity index (χ4n) is 1.58. The number of carbonyl (C=O) groups is 1. The molecule has 0 aromatic carbocycles.